The zero-order valence-electron chi connectivity index (χ0n) is 15.5. The fourth-order valence-corrected chi connectivity index (χ4v) is 3.76. The predicted molar refractivity (Wildman–Crippen MR) is 107 cm³/mol. The number of nitrogens with zero attached hydrogens (tertiary/aromatic N) is 2. The third-order valence-electron chi connectivity index (χ3n) is 5.09. The lowest BCUT2D eigenvalue weighted by atomic mass is 10.0. The van der Waals surface area contributed by atoms with Crippen molar-refractivity contribution in [1.29, 1.82) is 0 Å². The first-order valence-corrected chi connectivity index (χ1v) is 9.27. The Morgan fingerprint density at radius 2 is 2.07 bits per heavy atom. The van der Waals surface area contributed by atoms with Gasteiger partial charge in [0.15, 0.2) is 0 Å². The lowest BCUT2D eigenvalue weighted by Gasteiger charge is -2.19. The third-order valence-corrected chi connectivity index (χ3v) is 5.09. The van der Waals surface area contributed by atoms with Crippen LogP contribution in [-0.4, -0.2) is 37.2 Å². The molecule has 2 unspecified atom stereocenters. The lowest BCUT2D eigenvalue weighted by molar-refractivity contribution is -0.119. The SMILES string of the molecule is CC(=O)NC1CCN(c2ccc(N=CC3C(=O)Nc4cccc(F)c43)cc2)C1. The van der Waals surface area contributed by atoms with Crippen LogP contribution in [0.15, 0.2) is 47.5 Å². The van der Waals surface area contributed by atoms with E-state index >= 15 is 0 Å². The van der Waals surface area contributed by atoms with Gasteiger partial charge < -0.3 is 15.5 Å². The number of nitrogens with one attached hydrogen (secondary N) is 2. The van der Waals surface area contributed by atoms with E-state index in [0.717, 1.165) is 25.2 Å². The number of carbonyl (C=O) groups is 2. The summed E-state index contributed by atoms with van der Waals surface area (Å²) in [5.74, 6) is -1.43. The summed E-state index contributed by atoms with van der Waals surface area (Å²) in [5, 5.41) is 5.63. The summed E-state index contributed by atoms with van der Waals surface area (Å²) < 4.78 is 14.1. The van der Waals surface area contributed by atoms with Gasteiger partial charge in [-0.1, -0.05) is 6.07 Å². The molecule has 0 aromatic heterocycles. The standard InChI is InChI=1S/C21H21FN4O2/c1-13(27)24-15-9-10-26(12-15)16-7-5-14(6-8-16)23-11-17-20-18(22)3-2-4-19(20)25-21(17)28/h2-8,11,15,17H,9-10,12H2,1H3,(H,24,27)(H,25,28). The molecule has 1 fully saturated rings. The van der Waals surface area contributed by atoms with Gasteiger partial charge >= 0.3 is 0 Å². The number of hydrogen-bond acceptors (Lipinski definition) is 4. The zero-order chi connectivity index (χ0) is 19.7. The average molecular weight is 380 g/mol. The minimum absolute atomic E-state index is 0.00880. The molecule has 7 heteroatoms. The lowest BCUT2D eigenvalue weighted by Crippen LogP contribution is -2.35. The minimum atomic E-state index is -0.729. The van der Waals surface area contributed by atoms with Crippen LogP contribution in [-0.2, 0) is 9.59 Å². The number of amides is 2. The minimum Gasteiger partial charge on any atom is -0.369 e. The maximum atomic E-state index is 14.1. The van der Waals surface area contributed by atoms with E-state index in [-0.39, 0.29) is 17.9 Å². The van der Waals surface area contributed by atoms with Crippen LogP contribution in [0.4, 0.5) is 21.5 Å². The van der Waals surface area contributed by atoms with Crippen molar-refractivity contribution in [2.45, 2.75) is 25.3 Å². The van der Waals surface area contributed by atoms with Crippen LogP contribution in [0.25, 0.3) is 0 Å². The van der Waals surface area contributed by atoms with Crippen LogP contribution >= 0.6 is 0 Å². The molecule has 6 nitrogen and oxygen atoms in total. The molecule has 2 amide bonds. The highest BCUT2D eigenvalue weighted by Crippen LogP contribution is 2.34. The van der Waals surface area contributed by atoms with E-state index in [0.29, 0.717) is 16.9 Å². The van der Waals surface area contributed by atoms with E-state index < -0.39 is 11.7 Å². The molecular weight excluding hydrogens is 359 g/mol. The number of hydrogen-bond donors (Lipinski definition) is 2. The summed E-state index contributed by atoms with van der Waals surface area (Å²) in [5.41, 5.74) is 2.59. The van der Waals surface area contributed by atoms with E-state index in [1.807, 2.05) is 24.3 Å². The van der Waals surface area contributed by atoms with Crippen molar-refractivity contribution >= 4 is 35.1 Å². The number of carbonyl (C=O) groups excluding carboxylic acids is 2. The Kier molecular flexibility index (Phi) is 4.81. The Morgan fingerprint density at radius 1 is 1.29 bits per heavy atom. The van der Waals surface area contributed by atoms with Crippen molar-refractivity contribution in [1.82, 2.24) is 5.32 Å². The molecule has 28 heavy (non-hydrogen) atoms. The largest absolute Gasteiger partial charge is 0.369 e. The van der Waals surface area contributed by atoms with E-state index in [2.05, 4.69) is 20.5 Å². The second-order valence-corrected chi connectivity index (χ2v) is 7.09. The third kappa shape index (κ3) is 3.60. The molecule has 0 saturated carbocycles. The number of anilines is 2. The normalized spacial score (nSPS) is 21.1. The molecule has 2 aliphatic heterocycles. The summed E-state index contributed by atoms with van der Waals surface area (Å²) in [7, 11) is 0. The molecule has 2 aromatic carbocycles. The van der Waals surface area contributed by atoms with Gasteiger partial charge in [-0.3, -0.25) is 14.6 Å². The van der Waals surface area contributed by atoms with Crippen LogP contribution in [0.2, 0.25) is 0 Å². The number of benzene rings is 2. The summed E-state index contributed by atoms with van der Waals surface area (Å²) in [4.78, 5) is 29.9. The van der Waals surface area contributed by atoms with E-state index in [9.17, 15) is 14.0 Å². The van der Waals surface area contributed by atoms with Gasteiger partial charge in [-0.25, -0.2) is 4.39 Å². The van der Waals surface area contributed by atoms with E-state index in [4.69, 9.17) is 0 Å². The van der Waals surface area contributed by atoms with Crippen molar-refractivity contribution in [3.63, 3.8) is 0 Å². The molecule has 2 N–H and O–H groups in total. The summed E-state index contributed by atoms with van der Waals surface area (Å²) >= 11 is 0. The van der Waals surface area contributed by atoms with Crippen molar-refractivity contribution in [2.24, 2.45) is 4.99 Å². The summed E-state index contributed by atoms with van der Waals surface area (Å²) in [6.45, 7) is 3.19. The Morgan fingerprint density at radius 3 is 2.82 bits per heavy atom. The number of aliphatic imine (C=N–C) groups is 1. The van der Waals surface area contributed by atoms with Gasteiger partial charge in [-0.05, 0) is 42.8 Å². The maximum Gasteiger partial charge on any atom is 0.237 e. The molecule has 1 saturated heterocycles. The molecule has 4 rings (SSSR count). The van der Waals surface area contributed by atoms with Crippen LogP contribution in [0, 0.1) is 5.82 Å². The van der Waals surface area contributed by atoms with Gasteiger partial charge in [0.2, 0.25) is 11.8 Å². The van der Waals surface area contributed by atoms with Crippen LogP contribution in [0.3, 0.4) is 0 Å². The van der Waals surface area contributed by atoms with Gasteiger partial charge in [-0.15, -0.1) is 0 Å². The second kappa shape index (κ2) is 7.42. The fraction of sp³-hybridized carbons (Fsp3) is 0.286. The maximum absolute atomic E-state index is 14.1. The van der Waals surface area contributed by atoms with Crippen molar-refractivity contribution < 1.29 is 14.0 Å². The van der Waals surface area contributed by atoms with Gasteiger partial charge in [-0.2, -0.15) is 0 Å². The molecule has 2 heterocycles. The smallest absolute Gasteiger partial charge is 0.237 e. The topological polar surface area (TPSA) is 73.8 Å². The van der Waals surface area contributed by atoms with Crippen molar-refractivity contribution in [3.8, 4) is 0 Å². The van der Waals surface area contributed by atoms with Crippen LogP contribution < -0.4 is 15.5 Å². The molecule has 2 atom stereocenters. The molecule has 2 aliphatic rings. The summed E-state index contributed by atoms with van der Waals surface area (Å²) in [6.07, 6.45) is 2.41. The number of rotatable bonds is 4. The molecule has 0 spiro atoms. The zero-order valence-corrected chi connectivity index (χ0v) is 15.5. The highest BCUT2D eigenvalue weighted by Gasteiger charge is 2.31. The Bertz CT molecular complexity index is 942. The highest BCUT2D eigenvalue weighted by molar-refractivity contribution is 6.12. The van der Waals surface area contributed by atoms with E-state index in [1.165, 1.54) is 19.2 Å². The van der Waals surface area contributed by atoms with Crippen molar-refractivity contribution in [3.05, 3.63) is 53.8 Å². The van der Waals surface area contributed by atoms with Gasteiger partial charge in [0.05, 0.1) is 5.69 Å². The van der Waals surface area contributed by atoms with E-state index in [1.54, 1.807) is 12.1 Å². The molecule has 0 bridgehead atoms. The highest BCUT2D eigenvalue weighted by atomic mass is 19.1. The monoisotopic (exact) mass is 380 g/mol. The number of halogens is 1. The molecule has 144 valence electrons. The molecular formula is C21H21FN4O2. The average Bonchev–Trinajstić information content (AvgIpc) is 3.24. The molecule has 0 radical (unpaired) electrons. The van der Waals surface area contributed by atoms with Crippen LogP contribution in [0.5, 0.6) is 0 Å². The molecule has 0 aliphatic carbocycles. The molecule has 2 aromatic rings. The fourth-order valence-electron chi connectivity index (χ4n) is 3.76. The first-order chi connectivity index (χ1) is 13.5. The Labute approximate surface area is 162 Å². The quantitative estimate of drug-likeness (QED) is 0.801. The second-order valence-electron chi connectivity index (χ2n) is 7.09. The number of fused-ring (bicyclic) bond motifs is 1. The van der Waals surface area contributed by atoms with Gasteiger partial charge in [0.1, 0.15) is 11.7 Å². The predicted octanol–water partition coefficient (Wildman–Crippen LogP) is 2.98. The van der Waals surface area contributed by atoms with Crippen molar-refractivity contribution in [2.75, 3.05) is 23.3 Å². The first-order valence-electron chi connectivity index (χ1n) is 9.27. The van der Waals surface area contributed by atoms with Gasteiger partial charge in [0.25, 0.3) is 0 Å². The Hall–Kier alpha value is -3.22. The summed E-state index contributed by atoms with van der Waals surface area (Å²) in [6, 6.07) is 12.4. The van der Waals surface area contributed by atoms with Gasteiger partial charge in [0, 0.05) is 49.2 Å². The van der Waals surface area contributed by atoms with Crippen LogP contribution in [0.1, 0.15) is 24.8 Å². The Balaban J connectivity index is 1.45. The first kappa shape index (κ1) is 18.2.